The number of carbonyl (C=O) groups excluding carboxylic acids is 1. The average molecular weight is 392 g/mol. The van der Waals surface area contributed by atoms with E-state index in [0.29, 0.717) is 40.1 Å². The third kappa shape index (κ3) is 3.66. The molecule has 0 aliphatic carbocycles. The van der Waals surface area contributed by atoms with Crippen molar-refractivity contribution in [3.05, 3.63) is 59.8 Å². The fraction of sp³-hybridized carbons (Fsp3) is 0.250. The van der Waals surface area contributed by atoms with Gasteiger partial charge in [0.15, 0.2) is 17.3 Å². The Morgan fingerprint density at radius 1 is 1.24 bits per heavy atom. The molecule has 9 nitrogen and oxygen atoms in total. The highest BCUT2D eigenvalue weighted by Gasteiger charge is 2.17. The maximum Gasteiger partial charge on any atom is 0.261 e. The first-order valence-electron chi connectivity index (χ1n) is 9.15. The number of carbonyl (C=O) groups is 1. The third-order valence-electron chi connectivity index (χ3n) is 4.43. The molecule has 1 aromatic carbocycles. The second-order valence-electron chi connectivity index (χ2n) is 6.76. The lowest BCUT2D eigenvalue weighted by atomic mass is 10.2. The van der Waals surface area contributed by atoms with Crippen molar-refractivity contribution in [3.8, 4) is 17.2 Å². The molecule has 0 saturated heterocycles. The number of rotatable bonds is 6. The van der Waals surface area contributed by atoms with E-state index in [1.807, 2.05) is 32.2 Å². The van der Waals surface area contributed by atoms with Gasteiger partial charge < -0.3 is 14.6 Å². The Hall–Kier alpha value is -3.75. The molecule has 4 aromatic rings. The molecular weight excluding hydrogens is 372 g/mol. The highest BCUT2D eigenvalue weighted by Crippen LogP contribution is 2.24. The lowest BCUT2D eigenvalue weighted by Gasteiger charge is -2.06. The van der Waals surface area contributed by atoms with Crippen molar-refractivity contribution in [2.45, 2.75) is 26.3 Å². The van der Waals surface area contributed by atoms with Gasteiger partial charge in [0.05, 0.1) is 19.2 Å². The number of benzene rings is 1. The molecule has 29 heavy (non-hydrogen) atoms. The summed E-state index contributed by atoms with van der Waals surface area (Å²) in [4.78, 5) is 16.9. The maximum absolute atomic E-state index is 12.4. The van der Waals surface area contributed by atoms with Crippen LogP contribution < -0.4 is 10.1 Å². The maximum atomic E-state index is 12.4. The second-order valence-corrected chi connectivity index (χ2v) is 6.76. The fourth-order valence-electron chi connectivity index (χ4n) is 2.86. The van der Waals surface area contributed by atoms with Crippen molar-refractivity contribution >= 4 is 11.6 Å². The molecule has 0 aliphatic rings. The quantitative estimate of drug-likeness (QED) is 0.537. The number of nitrogens with zero attached hydrogens (tertiary/aromatic N) is 5. The number of nitrogens with one attached hydrogen (secondary N) is 1. The van der Waals surface area contributed by atoms with Gasteiger partial charge in [0.25, 0.3) is 11.8 Å². The summed E-state index contributed by atoms with van der Waals surface area (Å²) in [5.41, 5.74) is 1.77. The van der Waals surface area contributed by atoms with Crippen molar-refractivity contribution < 1.29 is 14.1 Å². The zero-order chi connectivity index (χ0) is 20.4. The highest BCUT2D eigenvalue weighted by atomic mass is 16.5. The van der Waals surface area contributed by atoms with Crippen LogP contribution in [0.5, 0.6) is 5.75 Å². The number of hydrogen-bond donors (Lipinski definition) is 1. The standard InChI is InChI=1S/C20H20N6O3/c1-12(2)17-22-20(29-25-17)15-8-5-9-26-16(23-24-18(15)26)11-21-19(27)13-6-4-7-14(10-13)28-3/h4-10,12H,11H2,1-3H3,(H,21,27). The van der Waals surface area contributed by atoms with Gasteiger partial charge in [0.1, 0.15) is 5.75 Å². The average Bonchev–Trinajstić information content (AvgIpc) is 3.39. The van der Waals surface area contributed by atoms with Crippen molar-refractivity contribution in [2.75, 3.05) is 7.11 Å². The number of hydrogen-bond acceptors (Lipinski definition) is 7. The summed E-state index contributed by atoms with van der Waals surface area (Å²) in [7, 11) is 1.56. The number of aromatic nitrogens is 5. The van der Waals surface area contributed by atoms with Gasteiger partial charge in [-0.3, -0.25) is 9.20 Å². The molecule has 1 amide bonds. The Balaban J connectivity index is 1.57. The summed E-state index contributed by atoms with van der Waals surface area (Å²) in [6.45, 7) is 4.20. The largest absolute Gasteiger partial charge is 0.497 e. The van der Waals surface area contributed by atoms with E-state index in [1.165, 1.54) is 0 Å². The Morgan fingerprint density at radius 2 is 2.10 bits per heavy atom. The number of pyridine rings is 1. The number of fused-ring (bicyclic) bond motifs is 1. The van der Waals surface area contributed by atoms with Crippen LogP contribution in [0.15, 0.2) is 47.1 Å². The van der Waals surface area contributed by atoms with Crippen LogP contribution in [-0.4, -0.2) is 37.8 Å². The molecule has 0 fully saturated rings. The Kier molecular flexibility index (Phi) is 4.94. The van der Waals surface area contributed by atoms with Crippen LogP contribution >= 0.6 is 0 Å². The van der Waals surface area contributed by atoms with Crippen LogP contribution in [0, 0.1) is 0 Å². The molecule has 0 bridgehead atoms. The monoisotopic (exact) mass is 392 g/mol. The second kappa shape index (κ2) is 7.70. The van der Waals surface area contributed by atoms with Gasteiger partial charge in [-0.25, -0.2) is 0 Å². The first kappa shape index (κ1) is 18.6. The summed E-state index contributed by atoms with van der Waals surface area (Å²) in [5, 5.41) is 15.3. The zero-order valence-electron chi connectivity index (χ0n) is 16.3. The van der Waals surface area contributed by atoms with Crippen LogP contribution in [0.3, 0.4) is 0 Å². The lowest BCUT2D eigenvalue weighted by Crippen LogP contribution is -2.24. The number of methoxy groups -OCH3 is 1. The third-order valence-corrected chi connectivity index (χ3v) is 4.43. The fourth-order valence-corrected chi connectivity index (χ4v) is 2.86. The molecule has 0 radical (unpaired) electrons. The summed E-state index contributed by atoms with van der Waals surface area (Å²) in [6, 6.07) is 10.6. The molecule has 0 spiro atoms. The summed E-state index contributed by atoms with van der Waals surface area (Å²) < 4.78 is 12.3. The molecule has 9 heteroatoms. The molecule has 0 aliphatic heterocycles. The first-order chi connectivity index (χ1) is 14.1. The first-order valence-corrected chi connectivity index (χ1v) is 9.15. The van der Waals surface area contributed by atoms with Crippen LogP contribution in [0.2, 0.25) is 0 Å². The SMILES string of the molecule is COc1cccc(C(=O)NCc2nnc3c(-c4nc(C(C)C)no4)cccn23)c1. The van der Waals surface area contributed by atoms with Crippen LogP contribution in [0.4, 0.5) is 0 Å². The summed E-state index contributed by atoms with van der Waals surface area (Å²) in [6.07, 6.45) is 1.82. The topological polar surface area (TPSA) is 107 Å². The minimum absolute atomic E-state index is 0.160. The zero-order valence-corrected chi connectivity index (χ0v) is 16.3. The molecule has 0 atom stereocenters. The van der Waals surface area contributed by atoms with Crippen molar-refractivity contribution in [1.29, 1.82) is 0 Å². The minimum Gasteiger partial charge on any atom is -0.497 e. The predicted octanol–water partition coefficient (Wildman–Crippen LogP) is 2.84. The molecule has 1 N–H and O–H groups in total. The van der Waals surface area contributed by atoms with Gasteiger partial charge in [0.2, 0.25) is 0 Å². The van der Waals surface area contributed by atoms with Gasteiger partial charge in [-0.05, 0) is 30.3 Å². The molecule has 4 rings (SSSR count). The summed E-state index contributed by atoms with van der Waals surface area (Å²) in [5.74, 6) is 2.16. The lowest BCUT2D eigenvalue weighted by molar-refractivity contribution is 0.0949. The molecule has 0 saturated carbocycles. The smallest absolute Gasteiger partial charge is 0.261 e. The van der Waals surface area contributed by atoms with E-state index in [2.05, 4.69) is 25.7 Å². The highest BCUT2D eigenvalue weighted by molar-refractivity contribution is 5.94. The van der Waals surface area contributed by atoms with Crippen LogP contribution in [0.25, 0.3) is 17.1 Å². The molecular formula is C20H20N6O3. The Bertz CT molecular complexity index is 1160. The van der Waals surface area contributed by atoms with Gasteiger partial charge in [0, 0.05) is 17.7 Å². The number of ether oxygens (including phenoxy) is 1. The van der Waals surface area contributed by atoms with E-state index in [9.17, 15) is 4.79 Å². The van der Waals surface area contributed by atoms with Gasteiger partial charge >= 0.3 is 0 Å². The van der Waals surface area contributed by atoms with E-state index in [1.54, 1.807) is 35.8 Å². The molecule has 3 heterocycles. The van der Waals surface area contributed by atoms with E-state index in [4.69, 9.17) is 9.26 Å². The Labute approximate surface area is 166 Å². The van der Waals surface area contributed by atoms with E-state index >= 15 is 0 Å². The predicted molar refractivity (Wildman–Crippen MR) is 105 cm³/mol. The van der Waals surface area contributed by atoms with Crippen LogP contribution in [-0.2, 0) is 6.54 Å². The minimum atomic E-state index is -0.227. The normalized spacial score (nSPS) is 11.2. The molecule has 3 aromatic heterocycles. The van der Waals surface area contributed by atoms with E-state index < -0.39 is 0 Å². The van der Waals surface area contributed by atoms with E-state index in [-0.39, 0.29) is 18.4 Å². The Morgan fingerprint density at radius 3 is 2.86 bits per heavy atom. The van der Waals surface area contributed by atoms with Crippen LogP contribution in [0.1, 0.15) is 41.8 Å². The number of amides is 1. The van der Waals surface area contributed by atoms with Crippen molar-refractivity contribution in [1.82, 2.24) is 30.1 Å². The molecule has 148 valence electrons. The van der Waals surface area contributed by atoms with Gasteiger partial charge in [-0.2, -0.15) is 4.98 Å². The van der Waals surface area contributed by atoms with E-state index in [0.717, 1.165) is 0 Å². The molecule has 0 unspecified atom stereocenters. The summed E-state index contributed by atoms with van der Waals surface area (Å²) >= 11 is 0. The van der Waals surface area contributed by atoms with Gasteiger partial charge in [-0.1, -0.05) is 25.1 Å². The van der Waals surface area contributed by atoms with Crippen molar-refractivity contribution in [2.24, 2.45) is 0 Å². The van der Waals surface area contributed by atoms with Crippen molar-refractivity contribution in [3.63, 3.8) is 0 Å². The van der Waals surface area contributed by atoms with Gasteiger partial charge in [-0.15, -0.1) is 10.2 Å².